The van der Waals surface area contributed by atoms with E-state index in [2.05, 4.69) is 21.2 Å². The Balaban J connectivity index is 2.68. The molecule has 0 spiro atoms. The quantitative estimate of drug-likeness (QED) is 0.876. The summed E-state index contributed by atoms with van der Waals surface area (Å²) >= 11 is 14.1. The second-order valence-corrected chi connectivity index (χ2v) is 4.15. The van der Waals surface area contributed by atoms with Gasteiger partial charge in [0, 0.05) is 15.0 Å². The first-order valence-electron chi connectivity index (χ1n) is 3.77. The highest BCUT2D eigenvalue weighted by molar-refractivity contribution is 9.10. The fraction of sp³-hybridized carbons (Fsp3) is 0.111. The predicted octanol–water partition coefficient (Wildman–Crippen LogP) is 4.32. The van der Waals surface area contributed by atoms with Crippen LogP contribution >= 0.6 is 39.1 Å². The van der Waals surface area contributed by atoms with Crippen molar-refractivity contribution in [1.82, 2.24) is 0 Å². The van der Waals surface area contributed by atoms with Gasteiger partial charge in [-0.25, -0.2) is 4.39 Å². The van der Waals surface area contributed by atoms with Crippen molar-refractivity contribution in [3.8, 4) is 0 Å². The molecule has 1 aromatic rings. The van der Waals surface area contributed by atoms with Crippen LogP contribution in [0.1, 0.15) is 0 Å². The first-order chi connectivity index (χ1) is 6.63. The van der Waals surface area contributed by atoms with Gasteiger partial charge in [0.15, 0.2) is 0 Å². The van der Waals surface area contributed by atoms with Crippen LogP contribution in [0.3, 0.4) is 0 Å². The monoisotopic (exact) mass is 297 g/mol. The Morgan fingerprint density at radius 3 is 2.86 bits per heavy atom. The first-order valence-corrected chi connectivity index (χ1v) is 5.38. The molecule has 5 heteroatoms. The highest BCUT2D eigenvalue weighted by Gasteiger charge is 2.01. The average Bonchev–Trinajstić information content (AvgIpc) is 2.16. The summed E-state index contributed by atoms with van der Waals surface area (Å²) < 4.78 is 13.9. The summed E-state index contributed by atoms with van der Waals surface area (Å²) in [5.74, 6) is -0.335. The van der Waals surface area contributed by atoms with Crippen molar-refractivity contribution in [2.24, 2.45) is 0 Å². The van der Waals surface area contributed by atoms with Gasteiger partial charge < -0.3 is 5.32 Å². The van der Waals surface area contributed by atoms with Crippen LogP contribution < -0.4 is 5.32 Å². The van der Waals surface area contributed by atoms with Crippen molar-refractivity contribution in [3.63, 3.8) is 0 Å². The third-order valence-corrected chi connectivity index (χ3v) is 2.61. The lowest BCUT2D eigenvalue weighted by molar-refractivity contribution is 0.630. The Morgan fingerprint density at radius 1 is 1.57 bits per heavy atom. The molecule has 1 rings (SSSR count). The van der Waals surface area contributed by atoms with Crippen LogP contribution in [0.15, 0.2) is 33.2 Å². The Morgan fingerprint density at radius 2 is 2.29 bits per heavy atom. The van der Waals surface area contributed by atoms with Crippen LogP contribution in [0.2, 0.25) is 0 Å². The lowest BCUT2D eigenvalue weighted by Gasteiger charge is -2.06. The molecule has 0 saturated carbocycles. The number of hydrogen-bond donors (Lipinski definition) is 1. The summed E-state index contributed by atoms with van der Waals surface area (Å²) in [6, 6.07) is 4.74. The van der Waals surface area contributed by atoms with Gasteiger partial charge >= 0.3 is 0 Å². The normalized spacial score (nSPS) is 11.6. The molecular weight excluding hydrogens is 292 g/mol. The second kappa shape index (κ2) is 5.59. The maximum atomic E-state index is 13.2. The molecular formula is C9H7BrCl2FN. The minimum Gasteiger partial charge on any atom is -0.378 e. The van der Waals surface area contributed by atoms with Gasteiger partial charge in [0.1, 0.15) is 5.82 Å². The first kappa shape index (κ1) is 11.8. The van der Waals surface area contributed by atoms with E-state index in [0.717, 1.165) is 0 Å². The van der Waals surface area contributed by atoms with Gasteiger partial charge in [0.05, 0.1) is 12.2 Å². The third-order valence-electron chi connectivity index (χ3n) is 1.50. The molecule has 0 fully saturated rings. The Hall–Kier alpha value is -0.250. The van der Waals surface area contributed by atoms with Gasteiger partial charge in [-0.2, -0.15) is 0 Å². The molecule has 0 bridgehead atoms. The average molecular weight is 299 g/mol. The van der Waals surface area contributed by atoms with E-state index < -0.39 is 0 Å². The van der Waals surface area contributed by atoms with E-state index in [0.29, 0.717) is 21.7 Å². The van der Waals surface area contributed by atoms with E-state index in [-0.39, 0.29) is 5.82 Å². The zero-order valence-electron chi connectivity index (χ0n) is 7.03. The highest BCUT2D eigenvalue weighted by Crippen LogP contribution is 2.19. The second-order valence-electron chi connectivity index (χ2n) is 2.53. The number of halogens is 4. The molecule has 0 saturated heterocycles. The van der Waals surface area contributed by atoms with Crippen molar-refractivity contribution in [3.05, 3.63) is 39.1 Å². The van der Waals surface area contributed by atoms with Crippen LogP contribution in [-0.4, -0.2) is 6.54 Å². The Bertz CT molecular complexity index is 355. The fourth-order valence-electron chi connectivity index (χ4n) is 0.851. The van der Waals surface area contributed by atoms with Crippen LogP contribution in [0.4, 0.5) is 10.1 Å². The van der Waals surface area contributed by atoms with Crippen LogP contribution in [0.25, 0.3) is 0 Å². The van der Waals surface area contributed by atoms with Gasteiger partial charge in [0.2, 0.25) is 0 Å². The van der Waals surface area contributed by atoms with Crippen LogP contribution in [0, 0.1) is 5.82 Å². The lowest BCUT2D eigenvalue weighted by atomic mass is 10.3. The van der Waals surface area contributed by atoms with Crippen molar-refractivity contribution in [1.29, 1.82) is 0 Å². The molecule has 0 unspecified atom stereocenters. The molecule has 76 valence electrons. The summed E-state index contributed by atoms with van der Waals surface area (Å²) in [4.78, 5) is 0. The van der Waals surface area contributed by atoms with E-state index in [1.54, 1.807) is 12.1 Å². The number of hydrogen-bond acceptors (Lipinski definition) is 1. The smallest absolute Gasteiger partial charge is 0.147 e. The maximum Gasteiger partial charge on any atom is 0.147 e. The van der Waals surface area contributed by atoms with E-state index in [1.165, 1.54) is 11.6 Å². The largest absolute Gasteiger partial charge is 0.378 e. The van der Waals surface area contributed by atoms with Crippen molar-refractivity contribution in [2.75, 3.05) is 11.9 Å². The zero-order valence-corrected chi connectivity index (χ0v) is 10.1. The standard InChI is InChI=1S/C9H7BrCl2FN/c10-6-1-2-9(8(13)3-6)14-5-7(12)4-11/h1-4,14H,5H2. The van der Waals surface area contributed by atoms with Crippen molar-refractivity contribution < 1.29 is 4.39 Å². The number of anilines is 1. The Kier molecular flexibility index (Phi) is 4.72. The predicted molar refractivity (Wildman–Crippen MR) is 62.4 cm³/mol. The number of nitrogens with one attached hydrogen (secondary N) is 1. The zero-order chi connectivity index (χ0) is 10.6. The molecule has 0 aliphatic carbocycles. The molecule has 0 atom stereocenters. The molecule has 0 heterocycles. The van der Waals surface area contributed by atoms with Crippen LogP contribution in [-0.2, 0) is 0 Å². The van der Waals surface area contributed by atoms with E-state index in [4.69, 9.17) is 23.2 Å². The molecule has 1 N–H and O–H groups in total. The minimum atomic E-state index is -0.335. The summed E-state index contributed by atoms with van der Waals surface area (Å²) in [6.07, 6.45) is 0. The topological polar surface area (TPSA) is 12.0 Å². The molecule has 1 aromatic carbocycles. The third kappa shape index (κ3) is 3.48. The fourth-order valence-corrected chi connectivity index (χ4v) is 1.33. The van der Waals surface area contributed by atoms with Gasteiger partial charge in [-0.1, -0.05) is 39.1 Å². The minimum absolute atomic E-state index is 0.309. The maximum absolute atomic E-state index is 13.2. The molecule has 14 heavy (non-hydrogen) atoms. The molecule has 1 nitrogen and oxygen atoms in total. The van der Waals surface area contributed by atoms with Crippen molar-refractivity contribution in [2.45, 2.75) is 0 Å². The summed E-state index contributed by atoms with van der Waals surface area (Å²) in [5.41, 5.74) is 1.63. The van der Waals surface area contributed by atoms with Crippen molar-refractivity contribution >= 4 is 44.8 Å². The molecule has 0 aliphatic heterocycles. The number of benzene rings is 1. The van der Waals surface area contributed by atoms with E-state index in [9.17, 15) is 4.39 Å². The molecule has 0 amide bonds. The summed E-state index contributed by atoms with van der Waals surface area (Å²) in [7, 11) is 0. The van der Waals surface area contributed by atoms with Crippen LogP contribution in [0.5, 0.6) is 0 Å². The van der Waals surface area contributed by atoms with Gasteiger partial charge in [-0.05, 0) is 18.2 Å². The van der Waals surface area contributed by atoms with Gasteiger partial charge in [0.25, 0.3) is 0 Å². The van der Waals surface area contributed by atoms with Gasteiger partial charge in [-0.3, -0.25) is 0 Å². The summed E-state index contributed by atoms with van der Waals surface area (Å²) in [5, 5.41) is 3.24. The SMILES string of the molecule is Fc1cc(Br)ccc1NCC(Cl)=CCl. The molecule has 0 aromatic heterocycles. The molecule has 0 aliphatic rings. The Labute approximate surface area is 100 Å². The number of rotatable bonds is 3. The van der Waals surface area contributed by atoms with Gasteiger partial charge in [-0.15, -0.1) is 0 Å². The lowest BCUT2D eigenvalue weighted by Crippen LogP contribution is -2.02. The highest BCUT2D eigenvalue weighted by atomic mass is 79.9. The van der Waals surface area contributed by atoms with E-state index in [1.807, 2.05) is 0 Å². The molecule has 0 radical (unpaired) electrons. The summed E-state index contributed by atoms with van der Waals surface area (Å²) in [6.45, 7) is 0.309. The van der Waals surface area contributed by atoms with E-state index >= 15 is 0 Å².